The van der Waals surface area contributed by atoms with Crippen LogP contribution in [0.5, 0.6) is 0 Å². The summed E-state index contributed by atoms with van der Waals surface area (Å²) >= 11 is 5.91. The zero-order chi connectivity index (χ0) is 12.9. The Morgan fingerprint density at radius 2 is 2.22 bits per heavy atom. The van der Waals surface area contributed by atoms with Crippen LogP contribution < -0.4 is 4.90 Å². The first-order chi connectivity index (χ1) is 8.51. The summed E-state index contributed by atoms with van der Waals surface area (Å²) in [6.07, 6.45) is 4.85. The van der Waals surface area contributed by atoms with Gasteiger partial charge in [0.25, 0.3) is 0 Å². The molecular formula is C13H18ClN3O. The Morgan fingerprint density at radius 3 is 2.94 bits per heavy atom. The highest BCUT2D eigenvalue weighted by atomic mass is 35.5. The monoisotopic (exact) mass is 267 g/mol. The van der Waals surface area contributed by atoms with Gasteiger partial charge in [-0.2, -0.15) is 0 Å². The third-order valence-electron chi connectivity index (χ3n) is 4.41. The molecule has 5 heteroatoms. The lowest BCUT2D eigenvalue weighted by molar-refractivity contribution is -0.101. The van der Waals surface area contributed by atoms with Crippen molar-refractivity contribution < 1.29 is 4.74 Å². The summed E-state index contributed by atoms with van der Waals surface area (Å²) < 4.78 is 5.82. The molecule has 1 saturated heterocycles. The summed E-state index contributed by atoms with van der Waals surface area (Å²) in [5, 5.41) is 0.440. The highest BCUT2D eigenvalue weighted by Gasteiger charge is 2.61. The minimum Gasteiger partial charge on any atom is -0.377 e. The summed E-state index contributed by atoms with van der Waals surface area (Å²) in [5.41, 5.74) is 0.153. The second kappa shape index (κ2) is 4.07. The molecular weight excluding hydrogens is 250 g/mol. The van der Waals surface area contributed by atoms with Crippen molar-refractivity contribution in [3.05, 3.63) is 17.5 Å². The minimum atomic E-state index is 0.153. The van der Waals surface area contributed by atoms with Gasteiger partial charge in [-0.25, -0.2) is 4.98 Å². The molecule has 2 aliphatic rings. The van der Waals surface area contributed by atoms with Gasteiger partial charge in [0.1, 0.15) is 11.0 Å². The fourth-order valence-corrected chi connectivity index (χ4v) is 3.87. The summed E-state index contributed by atoms with van der Waals surface area (Å²) in [4.78, 5) is 10.7. The number of rotatable bonds is 2. The molecule has 0 radical (unpaired) electrons. The van der Waals surface area contributed by atoms with E-state index in [1.54, 1.807) is 12.4 Å². The van der Waals surface area contributed by atoms with Crippen molar-refractivity contribution in [2.45, 2.75) is 32.4 Å². The summed E-state index contributed by atoms with van der Waals surface area (Å²) in [6.45, 7) is 5.40. The first-order valence-electron chi connectivity index (χ1n) is 6.34. The summed E-state index contributed by atoms with van der Waals surface area (Å²) in [7, 11) is 2.07. The molecule has 1 aliphatic heterocycles. The number of hydrogen-bond acceptors (Lipinski definition) is 4. The smallest absolute Gasteiger partial charge is 0.149 e. The molecule has 0 bridgehead atoms. The fourth-order valence-electron chi connectivity index (χ4n) is 3.73. The molecule has 1 aromatic heterocycles. The van der Waals surface area contributed by atoms with Crippen LogP contribution in [0.1, 0.15) is 20.3 Å². The summed E-state index contributed by atoms with van der Waals surface area (Å²) in [6, 6.07) is 0.442. The van der Waals surface area contributed by atoms with Gasteiger partial charge in [-0.3, -0.25) is 4.98 Å². The lowest BCUT2D eigenvalue weighted by Gasteiger charge is -2.58. The quantitative estimate of drug-likeness (QED) is 0.825. The van der Waals surface area contributed by atoms with Crippen molar-refractivity contribution in [1.82, 2.24) is 9.97 Å². The SMILES string of the molecule is CN(c1cncc(Cl)n1)C1C2CCOC2C1(C)C. The van der Waals surface area contributed by atoms with E-state index in [1.165, 1.54) is 0 Å². The van der Waals surface area contributed by atoms with Crippen molar-refractivity contribution in [3.63, 3.8) is 0 Å². The van der Waals surface area contributed by atoms with E-state index in [1.807, 2.05) is 0 Å². The van der Waals surface area contributed by atoms with Gasteiger partial charge < -0.3 is 9.64 Å². The van der Waals surface area contributed by atoms with Crippen LogP contribution in [0.4, 0.5) is 5.82 Å². The number of anilines is 1. The largest absolute Gasteiger partial charge is 0.377 e. The maximum atomic E-state index is 5.91. The van der Waals surface area contributed by atoms with E-state index in [0.717, 1.165) is 18.8 Å². The average molecular weight is 268 g/mol. The highest BCUT2D eigenvalue weighted by Crippen LogP contribution is 2.54. The topological polar surface area (TPSA) is 38.2 Å². The van der Waals surface area contributed by atoms with Crippen LogP contribution in [0.2, 0.25) is 5.15 Å². The molecule has 0 aromatic carbocycles. The Morgan fingerprint density at radius 1 is 1.44 bits per heavy atom. The zero-order valence-electron chi connectivity index (χ0n) is 10.9. The predicted molar refractivity (Wildman–Crippen MR) is 70.9 cm³/mol. The number of nitrogens with zero attached hydrogens (tertiary/aromatic N) is 3. The van der Waals surface area contributed by atoms with Gasteiger partial charge in [0.05, 0.1) is 18.5 Å². The third-order valence-corrected chi connectivity index (χ3v) is 4.59. The van der Waals surface area contributed by atoms with E-state index in [-0.39, 0.29) is 5.41 Å². The lowest BCUT2D eigenvalue weighted by Crippen LogP contribution is -2.66. The third kappa shape index (κ3) is 1.62. The first kappa shape index (κ1) is 12.2. The van der Waals surface area contributed by atoms with Crippen molar-refractivity contribution in [2.75, 3.05) is 18.6 Å². The molecule has 2 fully saturated rings. The Balaban J connectivity index is 1.87. The molecule has 3 rings (SSSR count). The van der Waals surface area contributed by atoms with E-state index in [4.69, 9.17) is 16.3 Å². The molecule has 0 N–H and O–H groups in total. The van der Waals surface area contributed by atoms with Gasteiger partial charge in [-0.15, -0.1) is 0 Å². The summed E-state index contributed by atoms with van der Waals surface area (Å²) in [5.74, 6) is 1.44. The Labute approximate surface area is 112 Å². The normalized spacial score (nSPS) is 32.8. The van der Waals surface area contributed by atoms with Crippen LogP contribution in [-0.4, -0.2) is 35.8 Å². The first-order valence-corrected chi connectivity index (χ1v) is 6.71. The van der Waals surface area contributed by atoms with Gasteiger partial charge in [-0.1, -0.05) is 25.4 Å². The van der Waals surface area contributed by atoms with Crippen molar-refractivity contribution in [3.8, 4) is 0 Å². The van der Waals surface area contributed by atoms with Gasteiger partial charge in [0.2, 0.25) is 0 Å². The van der Waals surface area contributed by atoms with Gasteiger partial charge in [0, 0.05) is 31.0 Å². The number of fused-ring (bicyclic) bond motifs is 1. The molecule has 2 heterocycles. The van der Waals surface area contributed by atoms with E-state index in [0.29, 0.717) is 23.2 Å². The van der Waals surface area contributed by atoms with Gasteiger partial charge in [-0.05, 0) is 6.42 Å². The van der Waals surface area contributed by atoms with Gasteiger partial charge >= 0.3 is 0 Å². The van der Waals surface area contributed by atoms with E-state index in [2.05, 4.69) is 35.8 Å². The number of hydrogen-bond donors (Lipinski definition) is 0. The number of ether oxygens (including phenoxy) is 1. The average Bonchev–Trinajstić information content (AvgIpc) is 2.75. The Hall–Kier alpha value is -0.870. The fraction of sp³-hybridized carbons (Fsp3) is 0.692. The van der Waals surface area contributed by atoms with E-state index >= 15 is 0 Å². The van der Waals surface area contributed by atoms with E-state index < -0.39 is 0 Å². The molecule has 1 aliphatic carbocycles. The molecule has 0 spiro atoms. The van der Waals surface area contributed by atoms with Crippen LogP contribution >= 0.6 is 11.6 Å². The van der Waals surface area contributed by atoms with Gasteiger partial charge in [0.15, 0.2) is 0 Å². The number of halogens is 1. The van der Waals surface area contributed by atoms with Crippen molar-refractivity contribution in [1.29, 1.82) is 0 Å². The van der Waals surface area contributed by atoms with E-state index in [9.17, 15) is 0 Å². The second-order valence-corrected chi connectivity index (χ2v) is 6.21. The van der Waals surface area contributed by atoms with Crippen LogP contribution in [0.3, 0.4) is 0 Å². The number of aromatic nitrogens is 2. The molecule has 0 amide bonds. The van der Waals surface area contributed by atoms with Crippen LogP contribution in [0.15, 0.2) is 12.4 Å². The van der Waals surface area contributed by atoms with Crippen LogP contribution in [-0.2, 0) is 4.74 Å². The minimum absolute atomic E-state index is 0.153. The second-order valence-electron chi connectivity index (χ2n) is 5.82. The maximum absolute atomic E-state index is 5.91. The standard InChI is InChI=1S/C13H18ClN3O/c1-13(2)11(8-4-5-18-12(8)13)17(3)10-7-15-6-9(14)16-10/h6-8,11-12H,4-5H2,1-3H3. The molecule has 3 unspecified atom stereocenters. The van der Waals surface area contributed by atoms with Crippen molar-refractivity contribution >= 4 is 17.4 Å². The molecule has 1 saturated carbocycles. The Bertz CT molecular complexity index is 465. The zero-order valence-corrected chi connectivity index (χ0v) is 11.7. The Kier molecular flexibility index (Phi) is 2.75. The molecule has 1 aromatic rings. The van der Waals surface area contributed by atoms with Crippen molar-refractivity contribution in [2.24, 2.45) is 11.3 Å². The lowest BCUT2D eigenvalue weighted by atomic mass is 9.57. The predicted octanol–water partition coefficient (Wildman–Crippen LogP) is 2.38. The van der Waals surface area contributed by atoms with Crippen LogP contribution in [0, 0.1) is 11.3 Å². The molecule has 4 nitrogen and oxygen atoms in total. The molecule has 18 heavy (non-hydrogen) atoms. The van der Waals surface area contributed by atoms with Crippen LogP contribution in [0.25, 0.3) is 0 Å². The molecule has 3 atom stereocenters. The molecule has 98 valence electrons. The maximum Gasteiger partial charge on any atom is 0.149 e. The highest BCUT2D eigenvalue weighted by molar-refractivity contribution is 6.29.